The lowest BCUT2D eigenvalue weighted by atomic mass is 9.91. The van der Waals surface area contributed by atoms with Crippen LogP contribution in [0.2, 0.25) is 0 Å². The van der Waals surface area contributed by atoms with Gasteiger partial charge in [-0.05, 0) is 43.9 Å². The average molecular weight is 387 g/mol. The Morgan fingerprint density at radius 3 is 1.59 bits per heavy atom. The number of nitrogens with zero attached hydrogens (tertiary/aromatic N) is 2. The van der Waals surface area contributed by atoms with Gasteiger partial charge in [-0.25, -0.2) is 0 Å². The lowest BCUT2D eigenvalue weighted by Crippen LogP contribution is -2.41. The van der Waals surface area contributed by atoms with Gasteiger partial charge in [0.25, 0.3) is 0 Å². The molecule has 0 bridgehead atoms. The first-order chi connectivity index (χ1) is 14.1. The standard InChI is InChI=1S/C26H30N2O/c1-27(2)25(22-15-9-5-10-16-22)26(23-17-11-6-12-18-23)28(3)24(29)20-19-21-13-7-4-8-14-21/h4-20,24-26,29H,1-3H3/b20-19+/t24?,25-,26-/m1/s1. The van der Waals surface area contributed by atoms with Crippen LogP contribution in [-0.2, 0) is 0 Å². The van der Waals surface area contributed by atoms with Gasteiger partial charge in [0.15, 0.2) is 0 Å². The highest BCUT2D eigenvalue weighted by molar-refractivity contribution is 5.49. The summed E-state index contributed by atoms with van der Waals surface area (Å²) < 4.78 is 0. The molecule has 1 N–H and O–H groups in total. The molecule has 3 rings (SSSR count). The van der Waals surface area contributed by atoms with Crippen LogP contribution in [0.4, 0.5) is 0 Å². The van der Waals surface area contributed by atoms with E-state index >= 15 is 0 Å². The number of rotatable bonds is 8. The molecule has 150 valence electrons. The van der Waals surface area contributed by atoms with Gasteiger partial charge in [0, 0.05) is 0 Å². The molecule has 0 aromatic heterocycles. The Morgan fingerprint density at radius 2 is 1.10 bits per heavy atom. The fourth-order valence-corrected chi connectivity index (χ4v) is 3.77. The number of aliphatic hydroxyl groups excluding tert-OH is 1. The molecule has 0 aliphatic carbocycles. The molecule has 0 aliphatic rings. The minimum absolute atomic E-state index is 0.0241. The molecule has 0 saturated heterocycles. The van der Waals surface area contributed by atoms with Gasteiger partial charge in [-0.2, -0.15) is 0 Å². The minimum atomic E-state index is -0.716. The highest BCUT2D eigenvalue weighted by Crippen LogP contribution is 2.37. The van der Waals surface area contributed by atoms with Gasteiger partial charge in [0.2, 0.25) is 0 Å². The Morgan fingerprint density at radius 1 is 0.655 bits per heavy atom. The monoisotopic (exact) mass is 386 g/mol. The first-order valence-corrected chi connectivity index (χ1v) is 9.97. The quantitative estimate of drug-likeness (QED) is 0.552. The highest BCUT2D eigenvalue weighted by atomic mass is 16.3. The molecule has 3 atom stereocenters. The van der Waals surface area contributed by atoms with Crippen molar-refractivity contribution in [2.75, 3.05) is 21.1 Å². The SMILES string of the molecule is CN(C)[C@H](c1ccccc1)[C@@H](c1ccccc1)N(C)C(O)/C=C/c1ccccc1. The zero-order valence-corrected chi connectivity index (χ0v) is 17.4. The summed E-state index contributed by atoms with van der Waals surface area (Å²) in [4.78, 5) is 4.25. The summed E-state index contributed by atoms with van der Waals surface area (Å²) in [7, 11) is 6.17. The number of hydrogen-bond donors (Lipinski definition) is 1. The molecule has 1 unspecified atom stereocenters. The van der Waals surface area contributed by atoms with E-state index in [4.69, 9.17) is 0 Å². The van der Waals surface area contributed by atoms with Crippen LogP contribution in [0, 0.1) is 0 Å². The van der Waals surface area contributed by atoms with Crippen LogP contribution in [0.5, 0.6) is 0 Å². The van der Waals surface area contributed by atoms with Gasteiger partial charge in [0.1, 0.15) is 6.23 Å². The van der Waals surface area contributed by atoms with Crippen LogP contribution in [0.25, 0.3) is 6.08 Å². The summed E-state index contributed by atoms with van der Waals surface area (Å²) in [5, 5.41) is 11.0. The Balaban J connectivity index is 1.95. The van der Waals surface area contributed by atoms with Gasteiger partial charge in [-0.3, -0.25) is 4.90 Å². The lowest BCUT2D eigenvalue weighted by Gasteiger charge is -2.40. The molecule has 0 aliphatic heterocycles. The average Bonchev–Trinajstić information content (AvgIpc) is 2.77. The Hall–Kier alpha value is -2.72. The van der Waals surface area contributed by atoms with E-state index in [0.29, 0.717) is 0 Å². The van der Waals surface area contributed by atoms with E-state index < -0.39 is 6.23 Å². The van der Waals surface area contributed by atoms with E-state index in [1.807, 2.05) is 66.6 Å². The third-order valence-electron chi connectivity index (χ3n) is 5.25. The van der Waals surface area contributed by atoms with Crippen LogP contribution >= 0.6 is 0 Å². The molecule has 0 saturated carbocycles. The van der Waals surface area contributed by atoms with Crippen LogP contribution in [0.15, 0.2) is 97.1 Å². The highest BCUT2D eigenvalue weighted by Gasteiger charge is 2.32. The fraction of sp³-hybridized carbons (Fsp3) is 0.231. The van der Waals surface area contributed by atoms with E-state index in [1.54, 1.807) is 0 Å². The Labute approximate surface area is 174 Å². The van der Waals surface area contributed by atoms with Crippen molar-refractivity contribution in [3.63, 3.8) is 0 Å². The molecule has 3 heteroatoms. The minimum Gasteiger partial charge on any atom is -0.375 e. The number of likely N-dealkylation sites (N-methyl/N-ethyl adjacent to an activating group) is 2. The molecule has 0 amide bonds. The predicted octanol–water partition coefficient (Wildman–Crippen LogP) is 4.99. The molecule has 0 radical (unpaired) electrons. The summed E-state index contributed by atoms with van der Waals surface area (Å²) in [6.07, 6.45) is 3.10. The molecule has 3 aromatic carbocycles. The predicted molar refractivity (Wildman–Crippen MR) is 121 cm³/mol. The smallest absolute Gasteiger partial charge is 0.127 e. The van der Waals surface area contributed by atoms with Crippen molar-refractivity contribution in [1.29, 1.82) is 0 Å². The van der Waals surface area contributed by atoms with Gasteiger partial charge >= 0.3 is 0 Å². The van der Waals surface area contributed by atoms with Crippen molar-refractivity contribution in [2.45, 2.75) is 18.3 Å². The second kappa shape index (κ2) is 10.2. The zero-order chi connectivity index (χ0) is 20.6. The molecule has 0 heterocycles. The maximum Gasteiger partial charge on any atom is 0.127 e. The molecule has 3 nitrogen and oxygen atoms in total. The molecular formula is C26H30N2O. The summed E-state index contributed by atoms with van der Waals surface area (Å²) in [5.74, 6) is 0. The molecular weight excluding hydrogens is 356 g/mol. The van der Waals surface area contributed by atoms with E-state index in [2.05, 4.69) is 67.5 Å². The van der Waals surface area contributed by atoms with Crippen molar-refractivity contribution in [2.24, 2.45) is 0 Å². The fourth-order valence-electron chi connectivity index (χ4n) is 3.77. The van der Waals surface area contributed by atoms with Crippen LogP contribution in [-0.4, -0.2) is 42.3 Å². The molecule has 3 aromatic rings. The summed E-state index contributed by atoms with van der Waals surface area (Å²) in [6, 6.07) is 31.0. The van der Waals surface area contributed by atoms with E-state index in [-0.39, 0.29) is 12.1 Å². The van der Waals surface area contributed by atoms with Crippen molar-refractivity contribution < 1.29 is 5.11 Å². The first-order valence-electron chi connectivity index (χ1n) is 9.97. The largest absolute Gasteiger partial charge is 0.375 e. The van der Waals surface area contributed by atoms with Gasteiger partial charge in [-0.15, -0.1) is 0 Å². The third kappa shape index (κ3) is 5.42. The van der Waals surface area contributed by atoms with E-state index in [0.717, 1.165) is 5.56 Å². The molecule has 29 heavy (non-hydrogen) atoms. The maximum atomic E-state index is 11.0. The number of hydrogen-bond acceptors (Lipinski definition) is 3. The van der Waals surface area contributed by atoms with E-state index in [9.17, 15) is 5.11 Å². The summed E-state index contributed by atoms with van der Waals surface area (Å²) in [6.45, 7) is 0. The van der Waals surface area contributed by atoms with E-state index in [1.165, 1.54) is 11.1 Å². The normalized spacial score (nSPS) is 15.0. The van der Waals surface area contributed by atoms with Crippen LogP contribution in [0.3, 0.4) is 0 Å². The lowest BCUT2D eigenvalue weighted by molar-refractivity contribution is 0.00116. The van der Waals surface area contributed by atoms with Crippen molar-refractivity contribution in [3.05, 3.63) is 114 Å². The number of aliphatic hydroxyl groups is 1. The second-order valence-electron chi connectivity index (χ2n) is 7.52. The Bertz CT molecular complexity index is 878. The summed E-state index contributed by atoms with van der Waals surface area (Å²) in [5.41, 5.74) is 3.46. The van der Waals surface area contributed by atoms with Gasteiger partial charge in [-0.1, -0.05) is 97.1 Å². The second-order valence-corrected chi connectivity index (χ2v) is 7.52. The molecule has 0 spiro atoms. The maximum absolute atomic E-state index is 11.0. The van der Waals surface area contributed by atoms with Crippen LogP contribution in [0.1, 0.15) is 28.8 Å². The number of benzene rings is 3. The Kier molecular flexibility index (Phi) is 7.36. The van der Waals surface area contributed by atoms with Crippen molar-refractivity contribution in [1.82, 2.24) is 9.80 Å². The van der Waals surface area contributed by atoms with Gasteiger partial charge < -0.3 is 10.0 Å². The van der Waals surface area contributed by atoms with Crippen LogP contribution < -0.4 is 0 Å². The van der Waals surface area contributed by atoms with Crippen molar-refractivity contribution >= 4 is 6.08 Å². The first kappa shape index (κ1) is 21.0. The van der Waals surface area contributed by atoms with Gasteiger partial charge in [0.05, 0.1) is 12.1 Å². The topological polar surface area (TPSA) is 26.7 Å². The van der Waals surface area contributed by atoms with Crippen molar-refractivity contribution in [3.8, 4) is 0 Å². The molecule has 0 fully saturated rings. The summed E-state index contributed by atoms with van der Waals surface area (Å²) >= 11 is 0. The third-order valence-corrected chi connectivity index (χ3v) is 5.25. The zero-order valence-electron chi connectivity index (χ0n) is 17.4.